The molecular formula is C15H13IN2O3. The molecule has 1 heterocycles. The lowest BCUT2D eigenvalue weighted by Gasteiger charge is -2.09. The fraction of sp³-hybridized carbons (Fsp3) is 0.0667. The lowest BCUT2D eigenvalue weighted by molar-refractivity contribution is -0.117. The summed E-state index contributed by atoms with van der Waals surface area (Å²) in [6.45, 7) is 0. The van der Waals surface area contributed by atoms with E-state index in [0.717, 1.165) is 3.57 Å². The average Bonchev–Trinajstić information content (AvgIpc) is 2.99. The molecule has 0 aliphatic rings. The van der Waals surface area contributed by atoms with Crippen LogP contribution in [0, 0.1) is 3.57 Å². The van der Waals surface area contributed by atoms with E-state index in [1.807, 2.05) is 12.1 Å². The van der Waals surface area contributed by atoms with E-state index in [1.54, 1.807) is 24.3 Å². The van der Waals surface area contributed by atoms with Gasteiger partial charge in [-0.05, 0) is 46.9 Å². The van der Waals surface area contributed by atoms with Gasteiger partial charge in [-0.3, -0.25) is 9.59 Å². The van der Waals surface area contributed by atoms with Crippen LogP contribution < -0.4 is 10.6 Å². The molecule has 108 valence electrons. The Kier molecular flexibility index (Phi) is 5.15. The summed E-state index contributed by atoms with van der Waals surface area (Å²) in [5.41, 5.74) is 0.629. The fourth-order valence-corrected chi connectivity index (χ4v) is 2.28. The van der Waals surface area contributed by atoms with Crippen molar-refractivity contribution in [1.29, 1.82) is 0 Å². The highest BCUT2D eigenvalue weighted by molar-refractivity contribution is 14.1. The van der Waals surface area contributed by atoms with Crippen LogP contribution in [-0.2, 0) is 4.79 Å². The predicted molar refractivity (Wildman–Crippen MR) is 87.4 cm³/mol. The normalized spacial score (nSPS) is 11.0. The first kappa shape index (κ1) is 15.3. The quantitative estimate of drug-likeness (QED) is 0.616. The van der Waals surface area contributed by atoms with Crippen LogP contribution in [-0.4, -0.2) is 18.9 Å². The van der Waals surface area contributed by atoms with Gasteiger partial charge in [0.15, 0.2) is 0 Å². The maximum atomic E-state index is 12.3. The van der Waals surface area contributed by atoms with Crippen molar-refractivity contribution in [3.8, 4) is 0 Å². The van der Waals surface area contributed by atoms with Gasteiger partial charge in [-0.2, -0.15) is 0 Å². The summed E-state index contributed by atoms with van der Waals surface area (Å²) in [5.74, 6) is -0.260. The molecule has 6 heteroatoms. The molecule has 5 nitrogen and oxygen atoms in total. The molecule has 1 aromatic heterocycles. The van der Waals surface area contributed by atoms with Gasteiger partial charge in [0.1, 0.15) is 11.5 Å². The number of hydrogen-bond donors (Lipinski definition) is 2. The monoisotopic (exact) mass is 396 g/mol. The number of amides is 2. The number of rotatable bonds is 4. The van der Waals surface area contributed by atoms with Crippen LogP contribution in [0.4, 0.5) is 0 Å². The van der Waals surface area contributed by atoms with E-state index in [2.05, 4.69) is 33.2 Å². The van der Waals surface area contributed by atoms with E-state index in [-0.39, 0.29) is 11.6 Å². The molecular weight excluding hydrogens is 383 g/mol. The zero-order chi connectivity index (χ0) is 15.2. The molecule has 2 aromatic rings. The van der Waals surface area contributed by atoms with Gasteiger partial charge >= 0.3 is 0 Å². The predicted octanol–water partition coefficient (Wildman–Crippen LogP) is 2.40. The van der Waals surface area contributed by atoms with E-state index in [9.17, 15) is 9.59 Å². The average molecular weight is 396 g/mol. The van der Waals surface area contributed by atoms with Crippen molar-refractivity contribution in [1.82, 2.24) is 10.6 Å². The Morgan fingerprint density at radius 1 is 1.19 bits per heavy atom. The van der Waals surface area contributed by atoms with Gasteiger partial charge < -0.3 is 15.1 Å². The summed E-state index contributed by atoms with van der Waals surface area (Å²) >= 11 is 2.07. The van der Waals surface area contributed by atoms with Crippen LogP contribution in [0.2, 0.25) is 0 Å². The smallest absolute Gasteiger partial charge is 0.267 e. The zero-order valence-corrected chi connectivity index (χ0v) is 13.4. The van der Waals surface area contributed by atoms with Gasteiger partial charge in [0, 0.05) is 16.7 Å². The molecule has 2 amide bonds. The summed E-state index contributed by atoms with van der Waals surface area (Å²) in [4.78, 5) is 24.1. The van der Waals surface area contributed by atoms with Crippen LogP contribution in [0.5, 0.6) is 0 Å². The number of hydrogen-bond acceptors (Lipinski definition) is 3. The molecule has 1 aromatic carbocycles. The third-order valence-electron chi connectivity index (χ3n) is 2.67. The maximum Gasteiger partial charge on any atom is 0.267 e. The van der Waals surface area contributed by atoms with Crippen LogP contribution in [0.3, 0.4) is 0 Å². The van der Waals surface area contributed by atoms with Gasteiger partial charge in [0.05, 0.1) is 11.8 Å². The largest absolute Gasteiger partial charge is 0.465 e. The van der Waals surface area contributed by atoms with Gasteiger partial charge in [0.2, 0.25) is 0 Å². The molecule has 0 spiro atoms. The Balaban J connectivity index is 2.26. The van der Waals surface area contributed by atoms with Crippen molar-refractivity contribution in [3.05, 3.63) is 63.3 Å². The van der Waals surface area contributed by atoms with E-state index in [1.165, 1.54) is 19.4 Å². The Morgan fingerprint density at radius 3 is 2.57 bits per heavy atom. The first-order chi connectivity index (χ1) is 10.1. The Bertz CT molecular complexity index is 678. The van der Waals surface area contributed by atoms with E-state index < -0.39 is 5.91 Å². The lowest BCUT2D eigenvalue weighted by Crippen LogP contribution is -2.33. The molecule has 0 saturated heterocycles. The van der Waals surface area contributed by atoms with E-state index in [0.29, 0.717) is 11.3 Å². The van der Waals surface area contributed by atoms with Crippen molar-refractivity contribution in [2.24, 2.45) is 0 Å². The van der Waals surface area contributed by atoms with Crippen molar-refractivity contribution in [3.63, 3.8) is 0 Å². The SMILES string of the molecule is CNC(=O)/C(=C\c1ccco1)NC(=O)c1ccccc1I. The first-order valence-corrected chi connectivity index (χ1v) is 7.23. The number of likely N-dealkylation sites (N-methyl/N-ethyl adjacent to an activating group) is 1. The Labute approximate surface area is 135 Å². The number of carbonyl (C=O) groups is 2. The molecule has 0 saturated carbocycles. The summed E-state index contributed by atoms with van der Waals surface area (Å²) in [6, 6.07) is 10.5. The zero-order valence-electron chi connectivity index (χ0n) is 11.2. The minimum atomic E-state index is -0.398. The van der Waals surface area contributed by atoms with Crippen molar-refractivity contribution in [2.75, 3.05) is 7.05 Å². The van der Waals surface area contributed by atoms with E-state index in [4.69, 9.17) is 4.42 Å². The second-order valence-electron chi connectivity index (χ2n) is 4.09. The minimum Gasteiger partial charge on any atom is -0.465 e. The summed E-state index contributed by atoms with van der Waals surface area (Å²) < 4.78 is 5.97. The third-order valence-corrected chi connectivity index (χ3v) is 3.61. The molecule has 2 rings (SSSR count). The van der Waals surface area contributed by atoms with Crippen molar-refractivity contribution in [2.45, 2.75) is 0 Å². The molecule has 0 radical (unpaired) electrons. The third kappa shape index (κ3) is 3.94. The number of benzene rings is 1. The Morgan fingerprint density at radius 2 is 1.95 bits per heavy atom. The van der Waals surface area contributed by atoms with E-state index >= 15 is 0 Å². The molecule has 0 fully saturated rings. The number of furan rings is 1. The van der Waals surface area contributed by atoms with Gasteiger partial charge in [-0.15, -0.1) is 0 Å². The molecule has 2 N–H and O–H groups in total. The molecule has 21 heavy (non-hydrogen) atoms. The fourth-order valence-electron chi connectivity index (χ4n) is 1.64. The Hall–Kier alpha value is -2.09. The summed E-state index contributed by atoms with van der Waals surface area (Å²) in [5, 5.41) is 5.09. The highest BCUT2D eigenvalue weighted by Crippen LogP contribution is 2.12. The highest BCUT2D eigenvalue weighted by Gasteiger charge is 2.15. The second kappa shape index (κ2) is 7.07. The molecule has 0 unspecified atom stereocenters. The van der Waals surface area contributed by atoms with Gasteiger partial charge in [-0.25, -0.2) is 0 Å². The van der Waals surface area contributed by atoms with Crippen LogP contribution >= 0.6 is 22.6 Å². The summed E-state index contributed by atoms with van der Waals surface area (Å²) in [7, 11) is 1.50. The van der Waals surface area contributed by atoms with Crippen molar-refractivity contribution < 1.29 is 14.0 Å². The van der Waals surface area contributed by atoms with Gasteiger partial charge in [-0.1, -0.05) is 12.1 Å². The number of halogens is 1. The lowest BCUT2D eigenvalue weighted by atomic mass is 10.2. The second-order valence-corrected chi connectivity index (χ2v) is 5.25. The molecule has 0 bridgehead atoms. The maximum absolute atomic E-state index is 12.3. The van der Waals surface area contributed by atoms with Crippen LogP contribution in [0.1, 0.15) is 16.1 Å². The van der Waals surface area contributed by atoms with Crippen LogP contribution in [0.15, 0.2) is 52.8 Å². The first-order valence-electron chi connectivity index (χ1n) is 6.15. The highest BCUT2D eigenvalue weighted by atomic mass is 127. The topological polar surface area (TPSA) is 71.3 Å². The summed E-state index contributed by atoms with van der Waals surface area (Å²) in [6.07, 6.45) is 2.97. The number of carbonyl (C=O) groups excluding carboxylic acids is 2. The van der Waals surface area contributed by atoms with Gasteiger partial charge in [0.25, 0.3) is 11.8 Å². The minimum absolute atomic E-state index is 0.122. The standard InChI is InChI=1S/C15H13IN2O3/c1-17-15(20)13(9-10-5-4-8-21-10)18-14(19)11-6-2-3-7-12(11)16/h2-9H,1H3,(H,17,20)(H,18,19)/b13-9+. The molecule has 0 aliphatic heterocycles. The van der Waals surface area contributed by atoms with Crippen molar-refractivity contribution >= 4 is 40.5 Å². The van der Waals surface area contributed by atoms with Crippen LogP contribution in [0.25, 0.3) is 6.08 Å². The molecule has 0 aliphatic carbocycles. The molecule has 0 atom stereocenters. The number of nitrogens with one attached hydrogen (secondary N) is 2.